The molecular weight excluding hydrogens is 342 g/mol. The van der Waals surface area contributed by atoms with Crippen LogP contribution in [0.1, 0.15) is 0 Å². The number of nitrogens with zero attached hydrogens (tertiary/aromatic N) is 7. The Kier molecular flexibility index (Phi) is 4.62. The summed E-state index contributed by atoms with van der Waals surface area (Å²) in [5.41, 5.74) is 2.04. The van der Waals surface area contributed by atoms with Gasteiger partial charge in [-0.2, -0.15) is 4.98 Å². The quantitative estimate of drug-likeness (QED) is 0.693. The molecule has 140 valence electrons. The van der Waals surface area contributed by atoms with E-state index >= 15 is 0 Å². The third kappa shape index (κ3) is 3.42. The van der Waals surface area contributed by atoms with Gasteiger partial charge in [0.2, 0.25) is 11.8 Å². The maximum Gasteiger partial charge on any atom is 0.227 e. The number of hydrogen-bond acceptors (Lipinski definition) is 8. The number of ether oxygens (including phenoxy) is 1. The Morgan fingerprint density at radius 1 is 0.963 bits per heavy atom. The number of benzene rings is 1. The number of piperazine rings is 1. The van der Waals surface area contributed by atoms with Gasteiger partial charge in [-0.15, -0.1) is 0 Å². The fourth-order valence-corrected chi connectivity index (χ4v) is 3.29. The second kappa shape index (κ2) is 7.22. The molecule has 0 amide bonds. The van der Waals surface area contributed by atoms with E-state index in [4.69, 9.17) is 4.74 Å². The second-order valence-corrected chi connectivity index (χ2v) is 6.67. The number of anilines is 3. The van der Waals surface area contributed by atoms with E-state index in [9.17, 15) is 0 Å². The lowest BCUT2D eigenvalue weighted by Crippen LogP contribution is -2.47. The molecule has 0 spiro atoms. The van der Waals surface area contributed by atoms with Crippen molar-refractivity contribution in [1.29, 1.82) is 0 Å². The van der Waals surface area contributed by atoms with Crippen LogP contribution in [0, 0.1) is 0 Å². The van der Waals surface area contributed by atoms with Crippen molar-refractivity contribution in [3.63, 3.8) is 0 Å². The van der Waals surface area contributed by atoms with Crippen molar-refractivity contribution in [2.45, 2.75) is 0 Å². The molecular formula is C19H23N7O. The van der Waals surface area contributed by atoms with Crippen LogP contribution in [0.4, 0.5) is 17.5 Å². The minimum Gasteiger partial charge on any atom is -0.480 e. The van der Waals surface area contributed by atoms with E-state index in [1.54, 1.807) is 7.11 Å². The molecule has 8 nitrogen and oxygen atoms in total. The molecule has 1 aliphatic heterocycles. The predicted molar refractivity (Wildman–Crippen MR) is 107 cm³/mol. The van der Waals surface area contributed by atoms with E-state index in [1.165, 1.54) is 6.33 Å². The van der Waals surface area contributed by atoms with Gasteiger partial charge in [0.15, 0.2) is 0 Å². The summed E-state index contributed by atoms with van der Waals surface area (Å²) in [6.07, 6.45) is 3.35. The first-order valence-corrected chi connectivity index (χ1v) is 8.95. The molecule has 1 aliphatic rings. The molecule has 1 saturated heterocycles. The summed E-state index contributed by atoms with van der Waals surface area (Å²) < 4.78 is 5.38. The first-order valence-electron chi connectivity index (χ1n) is 8.95. The van der Waals surface area contributed by atoms with Gasteiger partial charge >= 0.3 is 0 Å². The van der Waals surface area contributed by atoms with Gasteiger partial charge in [0.1, 0.15) is 12.1 Å². The van der Waals surface area contributed by atoms with Gasteiger partial charge in [0.05, 0.1) is 18.0 Å². The van der Waals surface area contributed by atoms with Crippen LogP contribution in [0.25, 0.3) is 10.9 Å². The molecule has 1 aromatic carbocycles. The molecule has 0 radical (unpaired) electrons. The van der Waals surface area contributed by atoms with E-state index in [-0.39, 0.29) is 0 Å². The van der Waals surface area contributed by atoms with E-state index in [0.29, 0.717) is 5.88 Å². The lowest BCUT2D eigenvalue weighted by molar-refractivity contribution is 0.402. The number of aromatic nitrogens is 4. The average Bonchev–Trinajstić information content (AvgIpc) is 2.73. The SMILES string of the molecule is COc1ncnc2ccc(N3CCN(c4nccc(N(C)C)n4)CC3)cc12. The van der Waals surface area contributed by atoms with Crippen LogP contribution < -0.4 is 19.4 Å². The molecule has 2 aromatic heterocycles. The van der Waals surface area contributed by atoms with E-state index in [0.717, 1.165) is 54.5 Å². The zero-order chi connectivity index (χ0) is 18.8. The molecule has 0 unspecified atom stereocenters. The van der Waals surface area contributed by atoms with Crippen molar-refractivity contribution in [2.75, 3.05) is 62.1 Å². The van der Waals surface area contributed by atoms with Gasteiger partial charge in [-0.3, -0.25) is 0 Å². The standard InChI is InChI=1S/C19H23N7O/c1-24(2)17-6-7-20-19(23-17)26-10-8-25(9-11-26)14-4-5-16-15(12-14)18(27-3)22-13-21-16/h4-7,12-13H,8-11H2,1-3H3. The maximum atomic E-state index is 5.38. The van der Waals surface area contributed by atoms with E-state index < -0.39 is 0 Å². The van der Waals surface area contributed by atoms with Gasteiger partial charge in [0, 0.05) is 52.2 Å². The van der Waals surface area contributed by atoms with Crippen LogP contribution in [-0.4, -0.2) is 67.3 Å². The van der Waals surface area contributed by atoms with Crippen molar-refractivity contribution < 1.29 is 4.74 Å². The van der Waals surface area contributed by atoms with Crippen LogP contribution in [0.15, 0.2) is 36.8 Å². The van der Waals surface area contributed by atoms with Crippen molar-refractivity contribution in [2.24, 2.45) is 0 Å². The highest BCUT2D eigenvalue weighted by molar-refractivity contribution is 5.86. The third-order valence-electron chi connectivity index (χ3n) is 4.79. The smallest absolute Gasteiger partial charge is 0.227 e. The first kappa shape index (κ1) is 17.3. The zero-order valence-electron chi connectivity index (χ0n) is 15.8. The van der Waals surface area contributed by atoms with Crippen LogP contribution in [0.2, 0.25) is 0 Å². The monoisotopic (exact) mass is 365 g/mol. The minimum absolute atomic E-state index is 0.606. The van der Waals surface area contributed by atoms with Gasteiger partial charge < -0.3 is 19.4 Å². The highest BCUT2D eigenvalue weighted by atomic mass is 16.5. The number of rotatable bonds is 4. The summed E-state index contributed by atoms with van der Waals surface area (Å²) in [7, 11) is 5.61. The van der Waals surface area contributed by atoms with Crippen molar-refractivity contribution in [3.8, 4) is 5.88 Å². The Bertz CT molecular complexity index is 938. The zero-order valence-corrected chi connectivity index (χ0v) is 15.8. The summed E-state index contributed by atoms with van der Waals surface area (Å²) in [5.74, 6) is 2.31. The Morgan fingerprint density at radius 2 is 1.74 bits per heavy atom. The van der Waals surface area contributed by atoms with Crippen molar-refractivity contribution in [1.82, 2.24) is 19.9 Å². The largest absolute Gasteiger partial charge is 0.480 e. The fraction of sp³-hybridized carbons (Fsp3) is 0.368. The molecule has 0 aliphatic carbocycles. The highest BCUT2D eigenvalue weighted by Gasteiger charge is 2.20. The lowest BCUT2D eigenvalue weighted by atomic mass is 10.2. The molecule has 27 heavy (non-hydrogen) atoms. The Balaban J connectivity index is 1.51. The average molecular weight is 365 g/mol. The Hall–Kier alpha value is -3.16. The second-order valence-electron chi connectivity index (χ2n) is 6.67. The van der Waals surface area contributed by atoms with Crippen LogP contribution in [0.5, 0.6) is 5.88 Å². The van der Waals surface area contributed by atoms with Crippen LogP contribution >= 0.6 is 0 Å². The number of hydrogen-bond donors (Lipinski definition) is 0. The Morgan fingerprint density at radius 3 is 2.48 bits per heavy atom. The molecule has 3 heterocycles. The predicted octanol–water partition coefficient (Wildman–Crippen LogP) is 1.82. The number of fused-ring (bicyclic) bond motifs is 1. The third-order valence-corrected chi connectivity index (χ3v) is 4.79. The summed E-state index contributed by atoms with van der Waals surface area (Å²) in [4.78, 5) is 24.2. The van der Waals surface area contributed by atoms with Crippen LogP contribution in [0.3, 0.4) is 0 Å². The summed E-state index contributed by atoms with van der Waals surface area (Å²) in [5, 5.41) is 0.932. The number of methoxy groups -OCH3 is 1. The molecule has 0 N–H and O–H groups in total. The van der Waals surface area contributed by atoms with E-state index in [1.807, 2.05) is 37.3 Å². The molecule has 0 atom stereocenters. The molecule has 8 heteroatoms. The minimum atomic E-state index is 0.606. The molecule has 3 aromatic rings. The molecule has 4 rings (SSSR count). The molecule has 0 bridgehead atoms. The topological polar surface area (TPSA) is 70.5 Å². The van der Waals surface area contributed by atoms with Gasteiger partial charge in [-0.25, -0.2) is 15.0 Å². The van der Waals surface area contributed by atoms with Crippen LogP contribution in [-0.2, 0) is 0 Å². The first-order chi connectivity index (χ1) is 13.2. The molecule has 0 saturated carbocycles. The fourth-order valence-electron chi connectivity index (χ4n) is 3.29. The Labute approximate surface area is 158 Å². The van der Waals surface area contributed by atoms with Gasteiger partial charge in [-0.1, -0.05) is 0 Å². The molecule has 1 fully saturated rings. The summed E-state index contributed by atoms with van der Waals surface area (Å²) in [6, 6.07) is 8.15. The maximum absolute atomic E-state index is 5.38. The normalized spacial score (nSPS) is 14.5. The summed E-state index contributed by atoms with van der Waals surface area (Å²) in [6.45, 7) is 3.54. The van der Waals surface area contributed by atoms with Gasteiger partial charge in [-0.05, 0) is 24.3 Å². The highest BCUT2D eigenvalue weighted by Crippen LogP contribution is 2.27. The van der Waals surface area contributed by atoms with E-state index in [2.05, 4.69) is 41.9 Å². The lowest BCUT2D eigenvalue weighted by Gasteiger charge is -2.36. The summed E-state index contributed by atoms with van der Waals surface area (Å²) >= 11 is 0. The van der Waals surface area contributed by atoms with Crippen molar-refractivity contribution in [3.05, 3.63) is 36.8 Å². The van der Waals surface area contributed by atoms with Crippen molar-refractivity contribution >= 4 is 28.4 Å². The van der Waals surface area contributed by atoms with Gasteiger partial charge in [0.25, 0.3) is 0 Å².